The SMILES string of the molecule is O=C(CCNc1ncccn1)N1CCCN(c2nccs2)CC1. The Morgan fingerprint density at radius 3 is 2.78 bits per heavy atom. The molecule has 1 aliphatic heterocycles. The lowest BCUT2D eigenvalue weighted by Crippen LogP contribution is -2.36. The third-order valence-corrected chi connectivity index (χ3v) is 4.56. The standard InChI is InChI=1S/C15H20N6OS/c22-13(3-6-18-14-16-4-1-5-17-14)20-8-2-9-21(11-10-20)15-19-7-12-23-15/h1,4-5,7,12H,2-3,6,8-11H2,(H,16,17,18). The van der Waals surface area contributed by atoms with Crippen molar-refractivity contribution in [1.82, 2.24) is 19.9 Å². The van der Waals surface area contributed by atoms with Gasteiger partial charge in [-0.25, -0.2) is 15.0 Å². The molecule has 1 N–H and O–H groups in total. The maximum absolute atomic E-state index is 12.3. The summed E-state index contributed by atoms with van der Waals surface area (Å²) in [6, 6.07) is 1.77. The van der Waals surface area contributed by atoms with Crippen LogP contribution in [0.2, 0.25) is 0 Å². The van der Waals surface area contributed by atoms with Gasteiger partial charge in [-0.2, -0.15) is 0 Å². The Labute approximate surface area is 139 Å². The molecule has 23 heavy (non-hydrogen) atoms. The second kappa shape index (κ2) is 7.87. The molecule has 2 aromatic heterocycles. The van der Waals surface area contributed by atoms with Gasteiger partial charge < -0.3 is 15.1 Å². The Kier molecular flexibility index (Phi) is 5.36. The van der Waals surface area contributed by atoms with Crippen molar-refractivity contribution in [3.63, 3.8) is 0 Å². The molecule has 122 valence electrons. The van der Waals surface area contributed by atoms with Gasteiger partial charge >= 0.3 is 0 Å². The van der Waals surface area contributed by atoms with Crippen LogP contribution in [-0.2, 0) is 4.79 Å². The van der Waals surface area contributed by atoms with Gasteiger partial charge in [0.1, 0.15) is 0 Å². The molecule has 3 heterocycles. The summed E-state index contributed by atoms with van der Waals surface area (Å²) in [7, 11) is 0. The Balaban J connectivity index is 1.44. The predicted molar refractivity (Wildman–Crippen MR) is 90.7 cm³/mol. The second-order valence-corrected chi connectivity index (χ2v) is 6.16. The van der Waals surface area contributed by atoms with Crippen molar-refractivity contribution in [3.8, 4) is 0 Å². The van der Waals surface area contributed by atoms with Crippen LogP contribution in [-0.4, -0.2) is 58.5 Å². The molecular formula is C15H20N6OS. The van der Waals surface area contributed by atoms with E-state index in [9.17, 15) is 4.79 Å². The van der Waals surface area contributed by atoms with E-state index < -0.39 is 0 Å². The molecule has 7 nitrogen and oxygen atoms in total. The van der Waals surface area contributed by atoms with Crippen LogP contribution in [0, 0.1) is 0 Å². The molecule has 1 amide bonds. The average molecular weight is 332 g/mol. The van der Waals surface area contributed by atoms with Crippen molar-refractivity contribution >= 4 is 28.3 Å². The first-order valence-electron chi connectivity index (χ1n) is 7.76. The summed E-state index contributed by atoms with van der Waals surface area (Å²) in [5.74, 6) is 0.737. The molecule has 1 fully saturated rings. The molecule has 1 saturated heterocycles. The van der Waals surface area contributed by atoms with E-state index in [0.717, 1.165) is 37.7 Å². The quantitative estimate of drug-likeness (QED) is 0.894. The van der Waals surface area contributed by atoms with Gasteiger partial charge in [0.15, 0.2) is 5.13 Å². The zero-order valence-electron chi connectivity index (χ0n) is 12.9. The van der Waals surface area contributed by atoms with E-state index in [-0.39, 0.29) is 5.91 Å². The fraction of sp³-hybridized carbons (Fsp3) is 0.467. The van der Waals surface area contributed by atoms with Crippen LogP contribution in [0.1, 0.15) is 12.8 Å². The first-order chi connectivity index (χ1) is 11.3. The lowest BCUT2D eigenvalue weighted by molar-refractivity contribution is -0.130. The van der Waals surface area contributed by atoms with E-state index in [0.29, 0.717) is 18.9 Å². The molecule has 0 radical (unpaired) electrons. The zero-order valence-corrected chi connectivity index (χ0v) is 13.7. The summed E-state index contributed by atoms with van der Waals surface area (Å²) >= 11 is 1.65. The molecule has 0 saturated carbocycles. The van der Waals surface area contributed by atoms with E-state index >= 15 is 0 Å². The van der Waals surface area contributed by atoms with Crippen molar-refractivity contribution < 1.29 is 4.79 Å². The summed E-state index contributed by atoms with van der Waals surface area (Å²) in [6.45, 7) is 3.90. The van der Waals surface area contributed by atoms with E-state index in [2.05, 4.69) is 25.2 Å². The van der Waals surface area contributed by atoms with Gasteiger partial charge in [0.2, 0.25) is 11.9 Å². The minimum Gasteiger partial charge on any atom is -0.354 e. The highest BCUT2D eigenvalue weighted by atomic mass is 32.1. The second-order valence-electron chi connectivity index (χ2n) is 5.29. The maximum Gasteiger partial charge on any atom is 0.224 e. The monoisotopic (exact) mass is 332 g/mol. The molecule has 0 atom stereocenters. The minimum absolute atomic E-state index is 0.175. The van der Waals surface area contributed by atoms with E-state index in [1.165, 1.54) is 0 Å². The predicted octanol–water partition coefficient (Wildman–Crippen LogP) is 1.47. The lowest BCUT2D eigenvalue weighted by Gasteiger charge is -2.21. The highest BCUT2D eigenvalue weighted by molar-refractivity contribution is 7.13. The van der Waals surface area contributed by atoms with Crippen molar-refractivity contribution in [3.05, 3.63) is 30.0 Å². The third-order valence-electron chi connectivity index (χ3n) is 3.73. The van der Waals surface area contributed by atoms with Crippen LogP contribution in [0.4, 0.5) is 11.1 Å². The summed E-state index contributed by atoms with van der Waals surface area (Å²) in [5.41, 5.74) is 0. The van der Waals surface area contributed by atoms with E-state index in [1.807, 2.05) is 16.5 Å². The number of nitrogens with zero attached hydrogens (tertiary/aromatic N) is 5. The smallest absolute Gasteiger partial charge is 0.224 e. The number of carbonyl (C=O) groups is 1. The van der Waals surface area contributed by atoms with Crippen LogP contribution in [0.25, 0.3) is 0 Å². The van der Waals surface area contributed by atoms with Crippen molar-refractivity contribution in [2.24, 2.45) is 0 Å². The van der Waals surface area contributed by atoms with Gasteiger partial charge in [0.05, 0.1) is 0 Å². The van der Waals surface area contributed by atoms with Gasteiger partial charge in [-0.3, -0.25) is 4.79 Å². The highest BCUT2D eigenvalue weighted by Gasteiger charge is 2.19. The Bertz CT molecular complexity index is 606. The molecule has 0 spiro atoms. The van der Waals surface area contributed by atoms with Crippen LogP contribution < -0.4 is 10.2 Å². The molecule has 0 aromatic carbocycles. The summed E-state index contributed by atoms with van der Waals surface area (Å²) in [5, 5.41) is 6.10. The molecule has 3 rings (SSSR count). The summed E-state index contributed by atoms with van der Waals surface area (Å²) in [4.78, 5) is 29.1. The first kappa shape index (κ1) is 15.7. The lowest BCUT2D eigenvalue weighted by atomic mass is 10.3. The fourth-order valence-electron chi connectivity index (χ4n) is 2.56. The zero-order chi connectivity index (χ0) is 15.9. The summed E-state index contributed by atoms with van der Waals surface area (Å²) < 4.78 is 0. The average Bonchev–Trinajstić information content (AvgIpc) is 3.00. The van der Waals surface area contributed by atoms with Gasteiger partial charge in [-0.1, -0.05) is 0 Å². The molecule has 2 aromatic rings. The maximum atomic E-state index is 12.3. The minimum atomic E-state index is 0.175. The number of thiazole rings is 1. The van der Waals surface area contributed by atoms with Gasteiger partial charge in [0, 0.05) is 63.1 Å². The van der Waals surface area contributed by atoms with E-state index in [1.54, 1.807) is 29.8 Å². The number of anilines is 2. The molecule has 0 bridgehead atoms. The Morgan fingerprint density at radius 2 is 2.00 bits per heavy atom. The van der Waals surface area contributed by atoms with Crippen molar-refractivity contribution in [1.29, 1.82) is 0 Å². The van der Waals surface area contributed by atoms with Crippen molar-refractivity contribution in [2.75, 3.05) is 42.9 Å². The number of nitrogens with one attached hydrogen (secondary N) is 1. The Morgan fingerprint density at radius 1 is 1.13 bits per heavy atom. The highest BCUT2D eigenvalue weighted by Crippen LogP contribution is 2.19. The molecule has 1 aliphatic rings. The summed E-state index contributed by atoms with van der Waals surface area (Å²) in [6.07, 6.45) is 6.61. The number of carbonyl (C=O) groups excluding carboxylic acids is 1. The topological polar surface area (TPSA) is 74.2 Å². The normalized spacial score (nSPS) is 15.3. The number of hydrogen-bond acceptors (Lipinski definition) is 7. The molecular weight excluding hydrogens is 312 g/mol. The largest absolute Gasteiger partial charge is 0.354 e. The van der Waals surface area contributed by atoms with Gasteiger partial charge in [-0.05, 0) is 12.5 Å². The fourth-order valence-corrected chi connectivity index (χ4v) is 3.26. The van der Waals surface area contributed by atoms with Gasteiger partial charge in [-0.15, -0.1) is 11.3 Å². The molecule has 8 heteroatoms. The number of hydrogen-bond donors (Lipinski definition) is 1. The first-order valence-corrected chi connectivity index (χ1v) is 8.64. The van der Waals surface area contributed by atoms with Crippen LogP contribution in [0.5, 0.6) is 0 Å². The molecule has 0 aliphatic carbocycles. The van der Waals surface area contributed by atoms with Gasteiger partial charge in [0.25, 0.3) is 0 Å². The van der Waals surface area contributed by atoms with Crippen molar-refractivity contribution in [2.45, 2.75) is 12.8 Å². The third kappa shape index (κ3) is 4.38. The number of amides is 1. The van der Waals surface area contributed by atoms with Crippen LogP contribution in [0.15, 0.2) is 30.0 Å². The van der Waals surface area contributed by atoms with Crippen LogP contribution in [0.3, 0.4) is 0 Å². The molecule has 0 unspecified atom stereocenters. The number of aromatic nitrogens is 3. The number of rotatable bonds is 5. The van der Waals surface area contributed by atoms with E-state index in [4.69, 9.17) is 0 Å². The van der Waals surface area contributed by atoms with Crippen LogP contribution >= 0.6 is 11.3 Å². The Hall–Kier alpha value is -2.22.